The summed E-state index contributed by atoms with van der Waals surface area (Å²) in [7, 11) is 0. The molecule has 6 heteroatoms. The highest BCUT2D eigenvalue weighted by Gasteiger charge is 2.33. The smallest absolute Gasteiger partial charge is 0.417 e. The van der Waals surface area contributed by atoms with Crippen molar-refractivity contribution >= 4 is 15.9 Å². The van der Waals surface area contributed by atoms with Crippen LogP contribution in [0.15, 0.2) is 22.7 Å². The lowest BCUT2D eigenvalue weighted by molar-refractivity contribution is -0.138. The van der Waals surface area contributed by atoms with Crippen molar-refractivity contribution in [3.8, 4) is 5.75 Å². The fraction of sp³-hybridized carbons (Fsp3) is 0.333. The predicted octanol–water partition coefficient (Wildman–Crippen LogP) is 2.81. The molecule has 0 radical (unpaired) electrons. The first-order valence-corrected chi connectivity index (χ1v) is 4.94. The predicted molar refractivity (Wildman–Crippen MR) is 53.7 cm³/mol. The third-order valence-corrected chi connectivity index (χ3v) is 2.32. The molecule has 0 amide bonds. The van der Waals surface area contributed by atoms with Gasteiger partial charge in [-0.25, -0.2) is 0 Å². The first kappa shape index (κ1) is 12.3. The van der Waals surface area contributed by atoms with E-state index < -0.39 is 11.7 Å². The van der Waals surface area contributed by atoms with Gasteiger partial charge in [0, 0.05) is 11.0 Å². The van der Waals surface area contributed by atoms with E-state index in [2.05, 4.69) is 15.9 Å². The van der Waals surface area contributed by atoms with Crippen molar-refractivity contribution in [1.82, 2.24) is 0 Å². The molecule has 0 saturated carbocycles. The van der Waals surface area contributed by atoms with E-state index in [0.717, 1.165) is 6.07 Å². The van der Waals surface area contributed by atoms with Gasteiger partial charge in [-0.1, -0.05) is 15.9 Å². The molecule has 0 aliphatic heterocycles. The summed E-state index contributed by atoms with van der Waals surface area (Å²) in [6, 6.07) is 3.70. The Kier molecular flexibility index (Phi) is 3.98. The van der Waals surface area contributed by atoms with E-state index in [1.165, 1.54) is 12.1 Å². The Morgan fingerprint density at radius 3 is 2.53 bits per heavy atom. The van der Waals surface area contributed by atoms with Gasteiger partial charge in [0.25, 0.3) is 0 Å². The Balaban J connectivity index is 2.95. The highest BCUT2D eigenvalue weighted by atomic mass is 79.9. The second kappa shape index (κ2) is 4.85. The molecular formula is C9H9BrF3NO. The summed E-state index contributed by atoms with van der Waals surface area (Å²) >= 11 is 2.83. The molecular weight excluding hydrogens is 275 g/mol. The molecule has 1 rings (SSSR count). The summed E-state index contributed by atoms with van der Waals surface area (Å²) in [5, 5.41) is 0. The van der Waals surface area contributed by atoms with Crippen molar-refractivity contribution in [1.29, 1.82) is 0 Å². The minimum atomic E-state index is -4.39. The van der Waals surface area contributed by atoms with Gasteiger partial charge in [-0.2, -0.15) is 13.2 Å². The number of alkyl halides is 3. The topological polar surface area (TPSA) is 35.2 Å². The normalized spacial score (nSPS) is 11.5. The molecule has 0 bridgehead atoms. The van der Waals surface area contributed by atoms with Crippen LogP contribution in [0.4, 0.5) is 13.2 Å². The quantitative estimate of drug-likeness (QED) is 0.926. The van der Waals surface area contributed by atoms with E-state index in [-0.39, 0.29) is 23.4 Å². The Morgan fingerprint density at radius 1 is 1.33 bits per heavy atom. The molecule has 0 heterocycles. The second-order valence-corrected chi connectivity index (χ2v) is 3.63. The maximum Gasteiger partial charge on any atom is 0.417 e. The maximum atomic E-state index is 12.4. The van der Waals surface area contributed by atoms with Crippen LogP contribution in [0.5, 0.6) is 5.75 Å². The number of halogens is 4. The van der Waals surface area contributed by atoms with E-state index in [1.54, 1.807) is 0 Å². The first-order chi connectivity index (χ1) is 6.95. The van der Waals surface area contributed by atoms with Crippen molar-refractivity contribution in [3.05, 3.63) is 28.2 Å². The van der Waals surface area contributed by atoms with Gasteiger partial charge in [0.2, 0.25) is 0 Å². The zero-order valence-electron chi connectivity index (χ0n) is 7.64. The van der Waals surface area contributed by atoms with Gasteiger partial charge < -0.3 is 10.5 Å². The van der Waals surface area contributed by atoms with Gasteiger partial charge in [-0.05, 0) is 18.2 Å². The zero-order valence-corrected chi connectivity index (χ0v) is 9.23. The molecule has 0 unspecified atom stereocenters. The van der Waals surface area contributed by atoms with Crippen molar-refractivity contribution in [2.45, 2.75) is 6.18 Å². The zero-order chi connectivity index (χ0) is 11.5. The van der Waals surface area contributed by atoms with Gasteiger partial charge in [0.05, 0.1) is 5.56 Å². The molecule has 0 aliphatic carbocycles. The summed E-state index contributed by atoms with van der Waals surface area (Å²) in [6.45, 7) is 0.455. The third kappa shape index (κ3) is 3.39. The number of rotatable bonds is 3. The monoisotopic (exact) mass is 283 g/mol. The summed E-state index contributed by atoms with van der Waals surface area (Å²) in [4.78, 5) is 0. The SMILES string of the molecule is NCCOc1ccc(Br)c(C(F)(F)F)c1. The second-order valence-electron chi connectivity index (χ2n) is 2.78. The first-order valence-electron chi connectivity index (χ1n) is 4.15. The number of nitrogens with two attached hydrogens (primary N) is 1. The van der Waals surface area contributed by atoms with Crippen LogP contribution in [0.3, 0.4) is 0 Å². The molecule has 84 valence electrons. The molecule has 2 N–H and O–H groups in total. The molecule has 0 aliphatic rings. The fourth-order valence-electron chi connectivity index (χ4n) is 0.988. The lowest BCUT2D eigenvalue weighted by Crippen LogP contribution is -2.11. The van der Waals surface area contributed by atoms with E-state index in [4.69, 9.17) is 10.5 Å². The highest BCUT2D eigenvalue weighted by molar-refractivity contribution is 9.10. The lowest BCUT2D eigenvalue weighted by atomic mass is 10.2. The van der Waals surface area contributed by atoms with Gasteiger partial charge in [-0.3, -0.25) is 0 Å². The van der Waals surface area contributed by atoms with Crippen LogP contribution in [0.25, 0.3) is 0 Å². The van der Waals surface area contributed by atoms with Crippen LogP contribution in [0.1, 0.15) is 5.56 Å². The van der Waals surface area contributed by atoms with Crippen molar-refractivity contribution in [2.24, 2.45) is 5.73 Å². The maximum absolute atomic E-state index is 12.4. The molecule has 0 aromatic heterocycles. The average Bonchev–Trinajstić information content (AvgIpc) is 2.15. The summed E-state index contributed by atoms with van der Waals surface area (Å²) in [5.41, 5.74) is 4.42. The number of ether oxygens (including phenoxy) is 1. The molecule has 1 aromatic carbocycles. The largest absolute Gasteiger partial charge is 0.492 e. The van der Waals surface area contributed by atoms with E-state index >= 15 is 0 Å². The van der Waals surface area contributed by atoms with Gasteiger partial charge in [0.15, 0.2) is 0 Å². The molecule has 15 heavy (non-hydrogen) atoms. The fourth-order valence-corrected chi connectivity index (χ4v) is 1.46. The molecule has 1 aromatic rings. The van der Waals surface area contributed by atoms with Crippen molar-refractivity contribution in [3.63, 3.8) is 0 Å². The standard InChI is InChI=1S/C9H9BrF3NO/c10-8-2-1-6(15-4-3-14)5-7(8)9(11,12)13/h1-2,5H,3-4,14H2. The van der Waals surface area contributed by atoms with Crippen LogP contribution in [0, 0.1) is 0 Å². The van der Waals surface area contributed by atoms with Crippen LogP contribution in [0.2, 0.25) is 0 Å². The van der Waals surface area contributed by atoms with Crippen molar-refractivity contribution in [2.75, 3.05) is 13.2 Å². The Hall–Kier alpha value is -0.750. The Bertz CT molecular complexity index is 341. The van der Waals surface area contributed by atoms with Crippen LogP contribution in [-0.2, 0) is 6.18 Å². The number of hydrogen-bond donors (Lipinski definition) is 1. The van der Waals surface area contributed by atoms with Crippen LogP contribution < -0.4 is 10.5 Å². The number of benzene rings is 1. The summed E-state index contributed by atoms with van der Waals surface area (Å²) in [6.07, 6.45) is -4.39. The van der Waals surface area contributed by atoms with Crippen molar-refractivity contribution < 1.29 is 17.9 Å². The van der Waals surface area contributed by atoms with Gasteiger partial charge in [-0.15, -0.1) is 0 Å². The Labute approximate surface area is 93.3 Å². The molecule has 0 atom stereocenters. The van der Waals surface area contributed by atoms with Crippen LogP contribution in [-0.4, -0.2) is 13.2 Å². The van der Waals surface area contributed by atoms with E-state index in [1.807, 2.05) is 0 Å². The summed E-state index contributed by atoms with van der Waals surface area (Å²) < 4.78 is 42.3. The number of hydrogen-bond acceptors (Lipinski definition) is 2. The van der Waals surface area contributed by atoms with Gasteiger partial charge >= 0.3 is 6.18 Å². The summed E-state index contributed by atoms with van der Waals surface area (Å²) in [5.74, 6) is 0.163. The van der Waals surface area contributed by atoms with E-state index in [0.29, 0.717) is 0 Å². The molecule has 0 spiro atoms. The Morgan fingerprint density at radius 2 is 2.00 bits per heavy atom. The van der Waals surface area contributed by atoms with Crippen LogP contribution >= 0.6 is 15.9 Å². The molecule has 2 nitrogen and oxygen atoms in total. The highest BCUT2D eigenvalue weighted by Crippen LogP contribution is 2.36. The minimum Gasteiger partial charge on any atom is -0.492 e. The van der Waals surface area contributed by atoms with Gasteiger partial charge in [0.1, 0.15) is 12.4 Å². The minimum absolute atomic E-state index is 0.00454. The third-order valence-electron chi connectivity index (χ3n) is 1.63. The average molecular weight is 284 g/mol. The molecule has 0 fully saturated rings. The molecule has 0 saturated heterocycles. The lowest BCUT2D eigenvalue weighted by Gasteiger charge is -2.11. The van der Waals surface area contributed by atoms with E-state index in [9.17, 15) is 13.2 Å².